The summed E-state index contributed by atoms with van der Waals surface area (Å²) in [5.41, 5.74) is 7.83. The number of fused-ring (bicyclic) bond motifs is 5. The Morgan fingerprint density at radius 1 is 1.03 bits per heavy atom. The summed E-state index contributed by atoms with van der Waals surface area (Å²) in [5, 5.41) is 10.3. The van der Waals surface area contributed by atoms with Crippen LogP contribution < -0.4 is 5.73 Å². The van der Waals surface area contributed by atoms with Crippen LogP contribution in [0.3, 0.4) is 0 Å². The van der Waals surface area contributed by atoms with Gasteiger partial charge in [0.25, 0.3) is 0 Å². The molecule has 0 aromatic heterocycles. The van der Waals surface area contributed by atoms with Gasteiger partial charge in [0.15, 0.2) is 0 Å². The standard InChI is InChI=1S/C34H59NO3/c1-6-7-8-9-13-31(38-32(35)37)24(3)12-10-11-23(2)28-16-17-29-27-15-14-25-22-26(36)18-20-33(25,4)30(27)19-21-34(28,29)5/h14,23-24,26-31,36H,6-13,15-22H2,1-5H3,(H2,35,37)/t23-,24?,26+,27+,28-,29+,30+,31?,33+,34-/m1/s1. The smallest absolute Gasteiger partial charge is 0.404 e. The van der Waals surface area contributed by atoms with Gasteiger partial charge in [-0.2, -0.15) is 0 Å². The zero-order valence-electron chi connectivity index (χ0n) is 25.4. The quantitative estimate of drug-likeness (QED) is 0.196. The number of hydrogen-bond donors (Lipinski definition) is 2. The first kappa shape index (κ1) is 29.9. The van der Waals surface area contributed by atoms with Crippen LogP contribution in [0.2, 0.25) is 0 Å². The van der Waals surface area contributed by atoms with Crippen LogP contribution in [0.25, 0.3) is 0 Å². The minimum absolute atomic E-state index is 0.0326. The number of carbonyl (C=O) groups excluding carboxylic acids is 1. The van der Waals surface area contributed by atoms with E-state index in [1.165, 1.54) is 70.6 Å². The van der Waals surface area contributed by atoms with Crippen molar-refractivity contribution in [3.63, 3.8) is 0 Å². The Hall–Kier alpha value is -1.03. The minimum Gasteiger partial charge on any atom is -0.446 e. The first-order valence-electron chi connectivity index (χ1n) is 16.4. The lowest BCUT2D eigenvalue weighted by Gasteiger charge is -2.58. The first-order chi connectivity index (χ1) is 18.1. The molecule has 4 heteroatoms. The van der Waals surface area contributed by atoms with Crippen molar-refractivity contribution in [3.8, 4) is 0 Å². The van der Waals surface area contributed by atoms with Gasteiger partial charge < -0.3 is 15.6 Å². The second-order valence-corrected chi connectivity index (χ2v) is 14.6. The average Bonchev–Trinajstić information content (AvgIpc) is 3.23. The van der Waals surface area contributed by atoms with Gasteiger partial charge in [0.1, 0.15) is 6.10 Å². The summed E-state index contributed by atoms with van der Waals surface area (Å²) in [4.78, 5) is 11.5. The van der Waals surface area contributed by atoms with Gasteiger partial charge in [-0.15, -0.1) is 0 Å². The highest BCUT2D eigenvalue weighted by molar-refractivity contribution is 5.64. The number of ether oxygens (including phenoxy) is 1. The van der Waals surface area contributed by atoms with E-state index < -0.39 is 6.09 Å². The first-order valence-corrected chi connectivity index (χ1v) is 16.4. The number of primary amides is 1. The lowest BCUT2D eigenvalue weighted by molar-refractivity contribution is -0.0573. The molecule has 0 heterocycles. The van der Waals surface area contributed by atoms with Crippen molar-refractivity contribution in [2.75, 3.05) is 0 Å². The van der Waals surface area contributed by atoms with Gasteiger partial charge in [0.2, 0.25) is 0 Å². The Kier molecular flexibility index (Phi) is 9.97. The van der Waals surface area contributed by atoms with Crippen molar-refractivity contribution in [1.29, 1.82) is 0 Å². The Balaban J connectivity index is 1.31. The molecule has 218 valence electrons. The van der Waals surface area contributed by atoms with E-state index in [0.717, 1.165) is 61.7 Å². The molecule has 0 aliphatic heterocycles. The van der Waals surface area contributed by atoms with E-state index in [-0.39, 0.29) is 12.2 Å². The van der Waals surface area contributed by atoms with Crippen molar-refractivity contribution in [2.24, 2.45) is 52.1 Å². The summed E-state index contributed by atoms with van der Waals surface area (Å²) in [7, 11) is 0. The van der Waals surface area contributed by atoms with E-state index in [1.54, 1.807) is 5.57 Å². The zero-order valence-corrected chi connectivity index (χ0v) is 25.4. The lowest BCUT2D eigenvalue weighted by Crippen LogP contribution is -2.50. The van der Waals surface area contributed by atoms with E-state index in [4.69, 9.17) is 10.5 Å². The fourth-order valence-electron chi connectivity index (χ4n) is 10.1. The summed E-state index contributed by atoms with van der Waals surface area (Å²) in [6.45, 7) is 12.2. The molecule has 3 N–H and O–H groups in total. The van der Waals surface area contributed by atoms with Crippen LogP contribution in [0, 0.1) is 46.3 Å². The molecule has 4 aliphatic rings. The molecule has 0 radical (unpaired) electrons. The van der Waals surface area contributed by atoms with Crippen molar-refractivity contribution < 1.29 is 14.6 Å². The fourth-order valence-corrected chi connectivity index (χ4v) is 10.1. The SMILES string of the molecule is CCCCCCC(OC(N)=O)C(C)CCC[C@@H](C)[C@H]1CC[C@H]2[C@@H]3CC=C4C[C@@H](O)CC[C@]4(C)[C@H]3CC[C@]12C. The maximum absolute atomic E-state index is 11.5. The maximum Gasteiger partial charge on any atom is 0.404 e. The molecule has 0 aromatic rings. The summed E-state index contributed by atoms with van der Waals surface area (Å²) < 4.78 is 5.56. The molecule has 4 rings (SSSR count). The van der Waals surface area contributed by atoms with Crippen LogP contribution in [0.1, 0.15) is 137 Å². The predicted molar refractivity (Wildman–Crippen MR) is 157 cm³/mol. The Morgan fingerprint density at radius 3 is 2.55 bits per heavy atom. The summed E-state index contributed by atoms with van der Waals surface area (Å²) >= 11 is 0. The molecule has 0 spiro atoms. The van der Waals surface area contributed by atoms with Crippen molar-refractivity contribution >= 4 is 6.09 Å². The van der Waals surface area contributed by atoms with Crippen LogP contribution in [0.15, 0.2) is 11.6 Å². The highest BCUT2D eigenvalue weighted by Crippen LogP contribution is 2.67. The minimum atomic E-state index is -0.617. The van der Waals surface area contributed by atoms with Gasteiger partial charge in [0.05, 0.1) is 6.10 Å². The molecule has 1 amide bonds. The van der Waals surface area contributed by atoms with Gasteiger partial charge in [-0.25, -0.2) is 4.79 Å². The summed E-state index contributed by atoms with van der Waals surface area (Å²) in [5.74, 6) is 4.49. The van der Waals surface area contributed by atoms with Crippen LogP contribution in [0.5, 0.6) is 0 Å². The summed E-state index contributed by atoms with van der Waals surface area (Å²) in [6, 6.07) is 0. The van der Waals surface area contributed by atoms with Gasteiger partial charge in [0, 0.05) is 0 Å². The maximum atomic E-state index is 11.5. The molecular formula is C34H59NO3. The number of hydrogen-bond acceptors (Lipinski definition) is 3. The van der Waals surface area contributed by atoms with Crippen LogP contribution in [-0.4, -0.2) is 23.4 Å². The molecule has 2 unspecified atom stereocenters. The van der Waals surface area contributed by atoms with Gasteiger partial charge in [-0.1, -0.05) is 78.4 Å². The molecule has 0 aromatic carbocycles. The normalized spacial score (nSPS) is 38.8. The molecular weight excluding hydrogens is 470 g/mol. The molecule has 4 nitrogen and oxygen atoms in total. The predicted octanol–water partition coefficient (Wildman–Crippen LogP) is 8.80. The monoisotopic (exact) mass is 529 g/mol. The topological polar surface area (TPSA) is 72.5 Å². The number of aliphatic hydroxyl groups is 1. The highest BCUT2D eigenvalue weighted by Gasteiger charge is 2.59. The van der Waals surface area contributed by atoms with E-state index in [1.807, 2.05) is 0 Å². The average molecular weight is 530 g/mol. The third kappa shape index (κ3) is 6.16. The molecule has 38 heavy (non-hydrogen) atoms. The zero-order chi connectivity index (χ0) is 27.5. The lowest BCUT2D eigenvalue weighted by atomic mass is 9.47. The number of rotatable bonds is 12. The van der Waals surface area contributed by atoms with Gasteiger partial charge in [-0.3, -0.25) is 0 Å². The number of allylic oxidation sites excluding steroid dienone is 1. The molecule has 4 aliphatic carbocycles. The van der Waals surface area contributed by atoms with Gasteiger partial charge in [-0.05, 0) is 117 Å². The third-order valence-electron chi connectivity index (χ3n) is 12.4. The largest absolute Gasteiger partial charge is 0.446 e. The van der Waals surface area contributed by atoms with E-state index in [0.29, 0.717) is 16.7 Å². The van der Waals surface area contributed by atoms with Crippen molar-refractivity contribution in [1.82, 2.24) is 0 Å². The van der Waals surface area contributed by atoms with E-state index in [2.05, 4.69) is 40.7 Å². The molecule has 10 atom stereocenters. The van der Waals surface area contributed by atoms with Crippen molar-refractivity contribution in [3.05, 3.63) is 11.6 Å². The van der Waals surface area contributed by atoms with Crippen LogP contribution in [-0.2, 0) is 4.74 Å². The number of aliphatic hydroxyl groups excluding tert-OH is 1. The highest BCUT2D eigenvalue weighted by atomic mass is 16.6. The number of unbranched alkanes of at least 4 members (excludes halogenated alkanes) is 3. The Labute approximate surface area is 233 Å². The Morgan fingerprint density at radius 2 is 1.82 bits per heavy atom. The van der Waals surface area contributed by atoms with E-state index >= 15 is 0 Å². The second kappa shape index (κ2) is 12.6. The number of nitrogens with two attached hydrogens (primary N) is 1. The second-order valence-electron chi connectivity index (χ2n) is 14.6. The summed E-state index contributed by atoms with van der Waals surface area (Å²) in [6.07, 6.45) is 21.1. The fraction of sp³-hybridized carbons (Fsp3) is 0.912. The van der Waals surface area contributed by atoms with Crippen LogP contribution >= 0.6 is 0 Å². The van der Waals surface area contributed by atoms with Crippen molar-refractivity contribution in [2.45, 2.75) is 150 Å². The number of carbonyl (C=O) groups is 1. The number of amides is 1. The Bertz CT molecular complexity index is 825. The third-order valence-corrected chi connectivity index (χ3v) is 12.4. The van der Waals surface area contributed by atoms with E-state index in [9.17, 15) is 9.90 Å². The van der Waals surface area contributed by atoms with Gasteiger partial charge >= 0.3 is 6.09 Å². The molecule has 0 saturated heterocycles. The molecule has 0 bridgehead atoms. The molecule has 3 fully saturated rings. The molecule has 3 saturated carbocycles. The van der Waals surface area contributed by atoms with Crippen LogP contribution in [0.4, 0.5) is 4.79 Å².